The highest BCUT2D eigenvalue weighted by atomic mass is 16.7. The van der Waals surface area contributed by atoms with E-state index in [2.05, 4.69) is 4.98 Å². The van der Waals surface area contributed by atoms with Gasteiger partial charge in [-0.1, -0.05) is 6.07 Å². The Bertz CT molecular complexity index is 1040. The number of rotatable bonds is 4. The van der Waals surface area contributed by atoms with Crippen molar-refractivity contribution in [1.29, 1.82) is 0 Å². The molecule has 3 heterocycles. The number of likely N-dealkylation sites (tertiary alicyclic amines) is 1. The van der Waals surface area contributed by atoms with Gasteiger partial charge in [-0.05, 0) is 36.8 Å². The third-order valence-electron chi connectivity index (χ3n) is 4.61. The normalized spacial score (nSPS) is 17.2. The number of ether oxygens (including phenoxy) is 2. The maximum absolute atomic E-state index is 12.8. The van der Waals surface area contributed by atoms with Gasteiger partial charge in [-0.15, -0.1) is 0 Å². The SMILES string of the molecule is CC(=O)c1cccnc1/C(O)=C1\CC(=O)N(Cc2ccc3c(c2)OCO3)C1=O. The minimum atomic E-state index is -0.611. The van der Waals surface area contributed by atoms with Gasteiger partial charge in [-0.3, -0.25) is 24.3 Å². The topological polar surface area (TPSA) is 106 Å². The number of hydrogen-bond donors (Lipinski definition) is 1. The molecule has 1 aromatic carbocycles. The van der Waals surface area contributed by atoms with Crippen LogP contribution >= 0.6 is 0 Å². The van der Waals surface area contributed by atoms with E-state index in [1.807, 2.05) is 0 Å². The van der Waals surface area contributed by atoms with Gasteiger partial charge >= 0.3 is 0 Å². The molecule has 2 aromatic rings. The summed E-state index contributed by atoms with van der Waals surface area (Å²) in [7, 11) is 0. The van der Waals surface area contributed by atoms with E-state index in [1.54, 1.807) is 24.3 Å². The lowest BCUT2D eigenvalue weighted by atomic mass is 10.0. The molecule has 0 unspecified atom stereocenters. The third kappa shape index (κ3) is 2.98. The summed E-state index contributed by atoms with van der Waals surface area (Å²) in [5.41, 5.74) is 0.791. The van der Waals surface area contributed by atoms with Crippen molar-refractivity contribution >= 4 is 23.4 Å². The van der Waals surface area contributed by atoms with Crippen molar-refractivity contribution in [2.45, 2.75) is 19.9 Å². The van der Waals surface area contributed by atoms with E-state index >= 15 is 0 Å². The van der Waals surface area contributed by atoms with Crippen LogP contribution in [-0.2, 0) is 16.1 Å². The van der Waals surface area contributed by atoms with Gasteiger partial charge in [-0.2, -0.15) is 0 Å². The summed E-state index contributed by atoms with van der Waals surface area (Å²) in [6, 6.07) is 8.22. The average Bonchev–Trinajstić information content (AvgIpc) is 3.26. The number of pyridine rings is 1. The Labute approximate surface area is 160 Å². The van der Waals surface area contributed by atoms with Crippen LogP contribution in [0.15, 0.2) is 42.1 Å². The molecule has 1 fully saturated rings. The Morgan fingerprint density at radius 1 is 1.21 bits per heavy atom. The molecular weight excluding hydrogens is 364 g/mol. The predicted octanol–water partition coefficient (Wildman–Crippen LogP) is 2.24. The second-order valence-electron chi connectivity index (χ2n) is 6.43. The monoisotopic (exact) mass is 380 g/mol. The Balaban J connectivity index is 1.64. The van der Waals surface area contributed by atoms with Gasteiger partial charge in [-0.25, -0.2) is 0 Å². The van der Waals surface area contributed by atoms with Crippen molar-refractivity contribution in [3.63, 3.8) is 0 Å². The average molecular weight is 380 g/mol. The van der Waals surface area contributed by atoms with E-state index in [1.165, 1.54) is 19.2 Å². The van der Waals surface area contributed by atoms with Gasteiger partial charge in [0.1, 0.15) is 5.69 Å². The summed E-state index contributed by atoms with van der Waals surface area (Å²) in [5, 5.41) is 10.6. The number of benzene rings is 1. The Morgan fingerprint density at radius 2 is 2.00 bits per heavy atom. The van der Waals surface area contributed by atoms with E-state index in [-0.39, 0.29) is 42.4 Å². The molecule has 0 bridgehead atoms. The first kappa shape index (κ1) is 17.7. The largest absolute Gasteiger partial charge is 0.505 e. The molecule has 2 amide bonds. The quantitative estimate of drug-likeness (QED) is 0.375. The molecule has 28 heavy (non-hydrogen) atoms. The molecule has 8 nitrogen and oxygen atoms in total. The van der Waals surface area contributed by atoms with Crippen LogP contribution < -0.4 is 9.47 Å². The van der Waals surface area contributed by atoms with Crippen molar-refractivity contribution < 1.29 is 29.0 Å². The summed E-state index contributed by atoms with van der Waals surface area (Å²) in [6.45, 7) is 1.50. The van der Waals surface area contributed by atoms with Crippen LogP contribution in [0.3, 0.4) is 0 Å². The molecule has 8 heteroatoms. The number of fused-ring (bicyclic) bond motifs is 1. The molecule has 0 spiro atoms. The van der Waals surface area contributed by atoms with E-state index in [0.29, 0.717) is 17.1 Å². The molecule has 0 atom stereocenters. The van der Waals surface area contributed by atoms with Crippen LogP contribution in [-0.4, -0.2) is 39.4 Å². The van der Waals surface area contributed by atoms with Crippen LogP contribution in [0.25, 0.3) is 5.76 Å². The first-order chi connectivity index (χ1) is 13.5. The zero-order valence-corrected chi connectivity index (χ0v) is 15.0. The molecule has 1 aromatic heterocycles. The van der Waals surface area contributed by atoms with Gasteiger partial charge in [0.2, 0.25) is 12.7 Å². The lowest BCUT2D eigenvalue weighted by Gasteiger charge is -2.14. The second kappa shape index (κ2) is 6.80. The molecule has 2 aliphatic rings. The lowest BCUT2D eigenvalue weighted by Crippen LogP contribution is -2.28. The predicted molar refractivity (Wildman–Crippen MR) is 96.5 cm³/mol. The molecule has 142 valence electrons. The summed E-state index contributed by atoms with van der Waals surface area (Å²) in [4.78, 5) is 42.0. The number of hydrogen-bond acceptors (Lipinski definition) is 7. The highest BCUT2D eigenvalue weighted by Gasteiger charge is 2.37. The minimum Gasteiger partial charge on any atom is -0.505 e. The second-order valence-corrected chi connectivity index (χ2v) is 6.43. The Hall–Kier alpha value is -3.68. The number of aromatic nitrogens is 1. The van der Waals surface area contributed by atoms with E-state index in [9.17, 15) is 19.5 Å². The molecule has 0 radical (unpaired) electrons. The van der Waals surface area contributed by atoms with Crippen LogP contribution in [0.2, 0.25) is 0 Å². The van der Waals surface area contributed by atoms with Crippen LogP contribution in [0, 0.1) is 0 Å². The minimum absolute atomic E-state index is 0.00363. The molecule has 2 aliphatic heterocycles. The van der Waals surface area contributed by atoms with Crippen LogP contribution in [0.4, 0.5) is 0 Å². The summed E-state index contributed by atoms with van der Waals surface area (Å²) >= 11 is 0. The fourth-order valence-corrected chi connectivity index (χ4v) is 3.19. The maximum Gasteiger partial charge on any atom is 0.261 e. The van der Waals surface area contributed by atoms with Crippen LogP contribution in [0.1, 0.15) is 35.0 Å². The van der Waals surface area contributed by atoms with Crippen molar-refractivity contribution in [1.82, 2.24) is 9.88 Å². The number of ketones is 1. The summed E-state index contributed by atoms with van der Waals surface area (Å²) < 4.78 is 10.6. The maximum atomic E-state index is 12.8. The van der Waals surface area contributed by atoms with Crippen molar-refractivity contribution in [3.8, 4) is 11.5 Å². The van der Waals surface area contributed by atoms with E-state index < -0.39 is 17.6 Å². The first-order valence-electron chi connectivity index (χ1n) is 8.57. The number of carbonyl (C=O) groups excluding carboxylic acids is 3. The number of amides is 2. The molecular formula is C20H16N2O6. The lowest BCUT2D eigenvalue weighted by molar-refractivity contribution is -0.138. The van der Waals surface area contributed by atoms with E-state index in [4.69, 9.17) is 9.47 Å². The number of aliphatic hydroxyl groups is 1. The molecule has 0 aliphatic carbocycles. The third-order valence-corrected chi connectivity index (χ3v) is 4.61. The van der Waals surface area contributed by atoms with Gasteiger partial charge in [0.25, 0.3) is 5.91 Å². The standard InChI is InChI=1S/C20H16N2O6/c1-11(23)13-3-2-6-21-18(13)19(25)14-8-17(24)22(20(14)26)9-12-4-5-15-16(7-12)28-10-27-15/h2-7,25H,8-10H2,1H3/b19-14-. The zero-order valence-electron chi connectivity index (χ0n) is 15.0. The number of nitrogens with zero attached hydrogens (tertiary/aromatic N) is 2. The van der Waals surface area contributed by atoms with Crippen molar-refractivity contribution in [2.75, 3.05) is 6.79 Å². The van der Waals surface area contributed by atoms with Crippen molar-refractivity contribution in [2.24, 2.45) is 0 Å². The fraction of sp³-hybridized carbons (Fsp3) is 0.200. The van der Waals surface area contributed by atoms with Gasteiger partial charge in [0.05, 0.1) is 18.5 Å². The van der Waals surface area contributed by atoms with Crippen LogP contribution in [0.5, 0.6) is 11.5 Å². The van der Waals surface area contributed by atoms with E-state index in [0.717, 1.165) is 4.90 Å². The number of imide groups is 1. The highest BCUT2D eigenvalue weighted by molar-refractivity contribution is 6.16. The first-order valence-corrected chi connectivity index (χ1v) is 8.57. The number of aliphatic hydroxyl groups excluding tert-OH is 1. The molecule has 0 saturated carbocycles. The Morgan fingerprint density at radius 3 is 2.79 bits per heavy atom. The summed E-state index contributed by atoms with van der Waals surface area (Å²) in [6.07, 6.45) is 1.15. The summed E-state index contributed by atoms with van der Waals surface area (Å²) in [5.74, 6) is -0.644. The molecule has 4 rings (SSSR count). The number of carbonyl (C=O) groups is 3. The Kier molecular flexibility index (Phi) is 4.31. The van der Waals surface area contributed by atoms with Crippen molar-refractivity contribution in [3.05, 3.63) is 58.9 Å². The van der Waals surface area contributed by atoms with Gasteiger partial charge in [0.15, 0.2) is 23.0 Å². The smallest absolute Gasteiger partial charge is 0.261 e. The molecule has 1 saturated heterocycles. The molecule has 1 N–H and O–H groups in total. The van der Waals surface area contributed by atoms with Gasteiger partial charge < -0.3 is 14.6 Å². The fourth-order valence-electron chi connectivity index (χ4n) is 3.19. The highest BCUT2D eigenvalue weighted by Crippen LogP contribution is 2.34. The number of Topliss-reactive ketones (excluding diaryl/α,β-unsaturated/α-hetero) is 1. The zero-order chi connectivity index (χ0) is 19.8. The van der Waals surface area contributed by atoms with Gasteiger partial charge in [0, 0.05) is 11.8 Å².